The molecule has 0 aliphatic carbocycles. The molecule has 6 nitrogen and oxygen atoms in total. The van der Waals surface area contributed by atoms with Crippen molar-refractivity contribution in [3.63, 3.8) is 0 Å². The first kappa shape index (κ1) is 18.6. The molecule has 2 aliphatic rings. The fourth-order valence-electron chi connectivity index (χ4n) is 3.10. The predicted octanol–water partition coefficient (Wildman–Crippen LogP) is 0.152. The van der Waals surface area contributed by atoms with Gasteiger partial charge < -0.3 is 15.5 Å². The minimum Gasteiger partial charge on any atom is -0.353 e. The molecule has 3 rings (SSSR count). The zero-order chi connectivity index (χ0) is 16.2. The number of piperazine rings is 2. The van der Waals surface area contributed by atoms with E-state index in [1.807, 2.05) is 6.07 Å². The Bertz CT molecular complexity index is 601. The van der Waals surface area contributed by atoms with Crippen LogP contribution < -0.4 is 10.6 Å². The van der Waals surface area contributed by atoms with Gasteiger partial charge in [-0.05, 0) is 17.7 Å². The van der Waals surface area contributed by atoms with Gasteiger partial charge in [-0.15, -0.1) is 12.4 Å². The average Bonchev–Trinajstić information content (AvgIpc) is 2.55. The van der Waals surface area contributed by atoms with Crippen molar-refractivity contribution in [2.75, 3.05) is 45.8 Å². The van der Waals surface area contributed by atoms with E-state index in [-0.39, 0.29) is 49.2 Å². The Balaban J connectivity index is 0.00000208. The molecule has 1 unspecified atom stereocenters. The molecule has 2 heterocycles. The molecular weight excluding hydrogens is 335 g/mol. The Morgan fingerprint density at radius 1 is 1.29 bits per heavy atom. The van der Waals surface area contributed by atoms with Gasteiger partial charge in [0, 0.05) is 38.8 Å². The lowest BCUT2D eigenvalue weighted by Gasteiger charge is -2.37. The first-order valence-electron chi connectivity index (χ1n) is 7.88. The molecule has 2 fully saturated rings. The predicted molar refractivity (Wildman–Crippen MR) is 90.4 cm³/mol. The van der Waals surface area contributed by atoms with Crippen LogP contribution in [-0.2, 0) is 9.59 Å². The minimum atomic E-state index is -0.271. The minimum absolute atomic E-state index is 0. The summed E-state index contributed by atoms with van der Waals surface area (Å²) in [6.45, 7) is 3.59. The molecule has 0 bridgehead atoms. The summed E-state index contributed by atoms with van der Waals surface area (Å²) >= 11 is 0. The van der Waals surface area contributed by atoms with Crippen molar-refractivity contribution in [1.82, 2.24) is 20.4 Å². The quantitative estimate of drug-likeness (QED) is 0.809. The number of hydrogen-bond acceptors (Lipinski definition) is 4. The number of nitrogens with one attached hydrogen (secondary N) is 2. The van der Waals surface area contributed by atoms with Crippen LogP contribution >= 0.6 is 12.4 Å². The maximum Gasteiger partial charge on any atom is 0.239 e. The molecule has 1 aromatic carbocycles. The van der Waals surface area contributed by atoms with Crippen molar-refractivity contribution in [3.8, 4) is 0 Å². The number of nitrogens with zero attached hydrogens (tertiary/aromatic N) is 2. The largest absolute Gasteiger partial charge is 0.353 e. The lowest BCUT2D eigenvalue weighted by Crippen LogP contribution is -2.54. The zero-order valence-electron chi connectivity index (χ0n) is 13.3. The standard InChI is InChI=1S/C16H21FN4O2.ClH/c17-13-3-1-2-12(8-13)14-9-18-4-6-20(14)11-16(23)21-7-5-19-15(22)10-21;/h1-3,8,14,18H,4-7,9-11H2,(H,19,22);1H. The smallest absolute Gasteiger partial charge is 0.239 e. The van der Waals surface area contributed by atoms with Crippen LogP contribution in [0.3, 0.4) is 0 Å². The Hall–Kier alpha value is -1.70. The highest BCUT2D eigenvalue weighted by molar-refractivity contribution is 5.86. The highest BCUT2D eigenvalue weighted by Gasteiger charge is 2.29. The van der Waals surface area contributed by atoms with Gasteiger partial charge in [-0.25, -0.2) is 4.39 Å². The summed E-state index contributed by atoms with van der Waals surface area (Å²) < 4.78 is 13.5. The average molecular weight is 357 g/mol. The zero-order valence-corrected chi connectivity index (χ0v) is 14.2. The van der Waals surface area contributed by atoms with Gasteiger partial charge in [-0.1, -0.05) is 12.1 Å². The Labute approximate surface area is 146 Å². The van der Waals surface area contributed by atoms with Crippen molar-refractivity contribution >= 4 is 24.2 Å². The van der Waals surface area contributed by atoms with Crippen molar-refractivity contribution in [2.24, 2.45) is 0 Å². The van der Waals surface area contributed by atoms with Crippen LogP contribution in [0.2, 0.25) is 0 Å². The summed E-state index contributed by atoms with van der Waals surface area (Å²) in [7, 11) is 0. The molecule has 0 aromatic heterocycles. The van der Waals surface area contributed by atoms with Gasteiger partial charge in [0.15, 0.2) is 0 Å². The molecule has 0 radical (unpaired) electrons. The third-order valence-electron chi connectivity index (χ3n) is 4.32. The number of rotatable bonds is 3. The second-order valence-corrected chi connectivity index (χ2v) is 5.91. The Kier molecular flexibility index (Phi) is 6.53. The fraction of sp³-hybridized carbons (Fsp3) is 0.500. The summed E-state index contributed by atoms with van der Waals surface area (Å²) in [5.74, 6) is -0.443. The molecule has 0 saturated carbocycles. The van der Waals surface area contributed by atoms with Crippen molar-refractivity contribution < 1.29 is 14.0 Å². The van der Waals surface area contributed by atoms with Gasteiger partial charge in [-0.2, -0.15) is 0 Å². The number of benzene rings is 1. The lowest BCUT2D eigenvalue weighted by molar-refractivity contribution is -0.139. The van der Waals surface area contributed by atoms with Crippen molar-refractivity contribution in [1.29, 1.82) is 0 Å². The molecule has 1 aromatic rings. The third kappa shape index (κ3) is 4.43. The molecule has 24 heavy (non-hydrogen) atoms. The van der Waals surface area contributed by atoms with E-state index in [2.05, 4.69) is 15.5 Å². The van der Waals surface area contributed by atoms with Crippen LogP contribution in [-0.4, -0.2) is 67.4 Å². The molecule has 8 heteroatoms. The van der Waals surface area contributed by atoms with Gasteiger partial charge >= 0.3 is 0 Å². The first-order chi connectivity index (χ1) is 11.1. The number of carbonyl (C=O) groups excluding carboxylic acids is 2. The van der Waals surface area contributed by atoms with E-state index in [9.17, 15) is 14.0 Å². The van der Waals surface area contributed by atoms with E-state index in [1.54, 1.807) is 11.0 Å². The topological polar surface area (TPSA) is 64.7 Å². The molecular formula is C16H22ClFN4O2. The maximum absolute atomic E-state index is 13.5. The van der Waals surface area contributed by atoms with Crippen LogP contribution in [0.15, 0.2) is 24.3 Å². The SMILES string of the molecule is Cl.O=C1CN(C(=O)CN2CCNCC2c2cccc(F)c2)CCN1. The number of halogens is 2. The van der Waals surface area contributed by atoms with E-state index in [1.165, 1.54) is 12.1 Å². The van der Waals surface area contributed by atoms with E-state index in [4.69, 9.17) is 0 Å². The normalized spacial score (nSPS) is 21.8. The molecule has 2 amide bonds. The number of hydrogen-bond donors (Lipinski definition) is 2. The first-order valence-corrected chi connectivity index (χ1v) is 7.88. The lowest BCUT2D eigenvalue weighted by atomic mass is 10.0. The van der Waals surface area contributed by atoms with Crippen LogP contribution in [0.4, 0.5) is 4.39 Å². The van der Waals surface area contributed by atoms with E-state index < -0.39 is 0 Å². The molecule has 2 N–H and O–H groups in total. The molecule has 0 spiro atoms. The summed E-state index contributed by atoms with van der Waals surface area (Å²) in [6, 6.07) is 6.47. The van der Waals surface area contributed by atoms with Crippen molar-refractivity contribution in [2.45, 2.75) is 6.04 Å². The second-order valence-electron chi connectivity index (χ2n) is 5.91. The van der Waals surface area contributed by atoms with E-state index >= 15 is 0 Å². The summed E-state index contributed by atoms with van der Waals surface area (Å²) in [5, 5.41) is 6.00. The molecule has 132 valence electrons. The summed E-state index contributed by atoms with van der Waals surface area (Å²) in [6.07, 6.45) is 0. The monoisotopic (exact) mass is 356 g/mol. The second kappa shape index (κ2) is 8.41. The third-order valence-corrected chi connectivity index (χ3v) is 4.32. The molecule has 1 atom stereocenters. The highest BCUT2D eigenvalue weighted by atomic mass is 35.5. The van der Waals surface area contributed by atoms with Gasteiger partial charge in [0.25, 0.3) is 0 Å². The van der Waals surface area contributed by atoms with Crippen LogP contribution in [0.5, 0.6) is 0 Å². The Morgan fingerprint density at radius 2 is 2.12 bits per heavy atom. The maximum atomic E-state index is 13.5. The van der Waals surface area contributed by atoms with Crippen LogP contribution in [0, 0.1) is 5.82 Å². The van der Waals surface area contributed by atoms with Gasteiger partial charge in [-0.3, -0.25) is 14.5 Å². The van der Waals surface area contributed by atoms with Gasteiger partial charge in [0.05, 0.1) is 13.1 Å². The molecule has 2 aliphatic heterocycles. The number of amides is 2. The van der Waals surface area contributed by atoms with E-state index in [0.717, 1.165) is 12.1 Å². The number of carbonyl (C=O) groups is 2. The fourth-order valence-corrected chi connectivity index (χ4v) is 3.10. The Morgan fingerprint density at radius 3 is 2.88 bits per heavy atom. The van der Waals surface area contributed by atoms with Crippen LogP contribution in [0.25, 0.3) is 0 Å². The van der Waals surface area contributed by atoms with Crippen LogP contribution in [0.1, 0.15) is 11.6 Å². The van der Waals surface area contributed by atoms with Gasteiger partial charge in [0.1, 0.15) is 5.82 Å². The summed E-state index contributed by atoms with van der Waals surface area (Å²) in [5.41, 5.74) is 0.862. The molecule has 2 saturated heterocycles. The van der Waals surface area contributed by atoms with Crippen molar-refractivity contribution in [3.05, 3.63) is 35.6 Å². The van der Waals surface area contributed by atoms with E-state index in [0.29, 0.717) is 26.2 Å². The summed E-state index contributed by atoms with van der Waals surface area (Å²) in [4.78, 5) is 27.5. The highest BCUT2D eigenvalue weighted by Crippen LogP contribution is 2.22. The van der Waals surface area contributed by atoms with Gasteiger partial charge in [0.2, 0.25) is 11.8 Å².